The Morgan fingerprint density at radius 3 is 2.40 bits per heavy atom. The molecular formula is C14H10N. The van der Waals surface area contributed by atoms with Gasteiger partial charge in [0.1, 0.15) is 0 Å². The molecule has 1 heteroatoms. The maximum atomic E-state index is 3.20. The molecule has 0 spiro atoms. The molecule has 1 aromatic heterocycles. The molecule has 0 unspecified atom stereocenters. The molecule has 0 saturated carbocycles. The number of H-pyrrole nitrogens is 1. The Labute approximate surface area is 88.4 Å². The van der Waals surface area contributed by atoms with E-state index in [-0.39, 0.29) is 0 Å². The summed E-state index contributed by atoms with van der Waals surface area (Å²) in [5, 5.41) is 1.23. The summed E-state index contributed by atoms with van der Waals surface area (Å²) < 4.78 is 0. The van der Waals surface area contributed by atoms with Crippen molar-refractivity contribution in [3.8, 4) is 11.1 Å². The number of benzene rings is 2. The molecule has 0 atom stereocenters. The number of rotatable bonds is 1. The van der Waals surface area contributed by atoms with E-state index in [1.54, 1.807) is 0 Å². The standard InChI is InChI=1S/C14H10N/c1-2-6-11(7-3-1)13-10-15-14-9-5-4-8-12(13)14/h1-9,15H. The lowest BCUT2D eigenvalue weighted by Crippen LogP contribution is -1.73. The van der Waals surface area contributed by atoms with E-state index in [4.69, 9.17) is 0 Å². The number of para-hydroxylation sites is 1. The fourth-order valence-electron chi connectivity index (χ4n) is 1.84. The van der Waals surface area contributed by atoms with Crippen LogP contribution in [0.2, 0.25) is 0 Å². The Morgan fingerprint density at radius 1 is 0.800 bits per heavy atom. The van der Waals surface area contributed by atoms with E-state index in [0.717, 1.165) is 11.1 Å². The van der Waals surface area contributed by atoms with E-state index in [9.17, 15) is 0 Å². The fourth-order valence-corrected chi connectivity index (χ4v) is 1.84. The van der Waals surface area contributed by atoms with Crippen molar-refractivity contribution in [2.45, 2.75) is 0 Å². The van der Waals surface area contributed by atoms with Crippen LogP contribution in [0.5, 0.6) is 0 Å². The Bertz CT molecular complexity index is 578. The highest BCUT2D eigenvalue weighted by Crippen LogP contribution is 2.27. The van der Waals surface area contributed by atoms with Crippen LogP contribution in [0.1, 0.15) is 0 Å². The smallest absolute Gasteiger partial charge is 0.0716 e. The maximum absolute atomic E-state index is 3.20. The molecule has 0 amide bonds. The van der Waals surface area contributed by atoms with Crippen molar-refractivity contribution < 1.29 is 0 Å². The third kappa shape index (κ3) is 1.33. The third-order valence-corrected chi connectivity index (χ3v) is 2.58. The summed E-state index contributed by atoms with van der Waals surface area (Å²) in [6, 6.07) is 18.6. The molecule has 0 aliphatic carbocycles. The first-order chi connectivity index (χ1) is 7.45. The first-order valence-electron chi connectivity index (χ1n) is 4.99. The predicted molar refractivity (Wildman–Crippen MR) is 62.6 cm³/mol. The molecule has 0 aliphatic heterocycles. The molecule has 2 aromatic carbocycles. The highest BCUT2D eigenvalue weighted by atomic mass is 14.7. The fraction of sp³-hybridized carbons (Fsp3) is 0. The SMILES string of the molecule is [c]1[nH]c2ccccc2c1-c1ccccc1. The zero-order valence-corrected chi connectivity index (χ0v) is 8.20. The molecule has 71 valence electrons. The van der Waals surface area contributed by atoms with Crippen LogP contribution >= 0.6 is 0 Å². The van der Waals surface area contributed by atoms with Crippen LogP contribution in [0, 0.1) is 6.20 Å². The minimum absolute atomic E-state index is 1.14. The quantitative estimate of drug-likeness (QED) is 0.606. The highest BCUT2D eigenvalue weighted by Gasteiger charge is 2.04. The van der Waals surface area contributed by atoms with E-state index in [1.807, 2.05) is 24.3 Å². The second-order valence-electron chi connectivity index (χ2n) is 3.54. The number of hydrogen-bond acceptors (Lipinski definition) is 0. The van der Waals surface area contributed by atoms with E-state index >= 15 is 0 Å². The molecule has 1 radical (unpaired) electrons. The minimum Gasteiger partial charge on any atom is -0.353 e. The van der Waals surface area contributed by atoms with E-state index in [0.29, 0.717) is 0 Å². The predicted octanol–water partition coefficient (Wildman–Crippen LogP) is 3.64. The summed E-state index contributed by atoms with van der Waals surface area (Å²) in [6.07, 6.45) is 3.20. The van der Waals surface area contributed by atoms with Gasteiger partial charge in [0, 0.05) is 16.5 Å². The van der Waals surface area contributed by atoms with Crippen LogP contribution < -0.4 is 0 Å². The first-order valence-corrected chi connectivity index (χ1v) is 4.99. The van der Waals surface area contributed by atoms with Gasteiger partial charge in [-0.1, -0.05) is 48.5 Å². The van der Waals surface area contributed by atoms with Crippen molar-refractivity contribution in [3.05, 3.63) is 60.8 Å². The Balaban J connectivity index is 2.28. The molecule has 0 fully saturated rings. The molecule has 0 aliphatic rings. The van der Waals surface area contributed by atoms with Gasteiger partial charge in [-0.25, -0.2) is 0 Å². The monoisotopic (exact) mass is 192 g/mol. The van der Waals surface area contributed by atoms with Gasteiger partial charge in [0.2, 0.25) is 0 Å². The van der Waals surface area contributed by atoms with Gasteiger partial charge >= 0.3 is 0 Å². The van der Waals surface area contributed by atoms with Gasteiger partial charge in [-0.15, -0.1) is 0 Å². The number of hydrogen-bond donors (Lipinski definition) is 1. The molecule has 0 saturated heterocycles. The number of aromatic amines is 1. The lowest BCUT2D eigenvalue weighted by molar-refractivity contribution is 1.45. The summed E-state index contributed by atoms with van der Waals surface area (Å²) in [5.74, 6) is 0. The second-order valence-corrected chi connectivity index (χ2v) is 3.54. The highest BCUT2D eigenvalue weighted by molar-refractivity contribution is 5.94. The Kier molecular flexibility index (Phi) is 1.82. The van der Waals surface area contributed by atoms with Gasteiger partial charge in [0.05, 0.1) is 6.20 Å². The van der Waals surface area contributed by atoms with Gasteiger partial charge in [0.15, 0.2) is 0 Å². The number of aromatic nitrogens is 1. The van der Waals surface area contributed by atoms with E-state index in [2.05, 4.69) is 41.5 Å². The summed E-state index contributed by atoms with van der Waals surface area (Å²) >= 11 is 0. The van der Waals surface area contributed by atoms with Crippen molar-refractivity contribution in [2.75, 3.05) is 0 Å². The largest absolute Gasteiger partial charge is 0.353 e. The van der Waals surface area contributed by atoms with Crippen LogP contribution in [-0.4, -0.2) is 4.98 Å². The summed E-state index contributed by atoms with van der Waals surface area (Å²) in [5.41, 5.74) is 3.48. The second kappa shape index (κ2) is 3.28. The van der Waals surface area contributed by atoms with Gasteiger partial charge in [-0.2, -0.15) is 0 Å². The summed E-state index contributed by atoms with van der Waals surface area (Å²) in [7, 11) is 0. The molecule has 1 heterocycles. The Hall–Kier alpha value is -2.02. The number of nitrogens with one attached hydrogen (secondary N) is 1. The van der Waals surface area contributed by atoms with Gasteiger partial charge in [-0.3, -0.25) is 0 Å². The average Bonchev–Trinajstić information content (AvgIpc) is 2.74. The molecule has 3 aromatic rings. The molecule has 0 bridgehead atoms. The zero-order valence-electron chi connectivity index (χ0n) is 8.20. The third-order valence-electron chi connectivity index (χ3n) is 2.58. The minimum atomic E-state index is 1.14. The van der Waals surface area contributed by atoms with Crippen molar-refractivity contribution >= 4 is 10.9 Å². The molecule has 3 rings (SSSR count). The summed E-state index contributed by atoms with van der Waals surface area (Å²) in [6.45, 7) is 0. The van der Waals surface area contributed by atoms with E-state index in [1.165, 1.54) is 10.9 Å². The average molecular weight is 192 g/mol. The van der Waals surface area contributed by atoms with Gasteiger partial charge in [0.25, 0.3) is 0 Å². The van der Waals surface area contributed by atoms with Crippen molar-refractivity contribution in [1.29, 1.82) is 0 Å². The van der Waals surface area contributed by atoms with E-state index < -0.39 is 0 Å². The lowest BCUT2D eigenvalue weighted by atomic mass is 10.1. The van der Waals surface area contributed by atoms with Gasteiger partial charge in [-0.05, 0) is 11.6 Å². The van der Waals surface area contributed by atoms with Crippen LogP contribution in [0.15, 0.2) is 54.6 Å². The normalized spacial score (nSPS) is 10.7. The zero-order chi connectivity index (χ0) is 10.1. The first kappa shape index (κ1) is 8.30. The Morgan fingerprint density at radius 2 is 1.53 bits per heavy atom. The molecule has 1 nitrogen and oxygen atoms in total. The van der Waals surface area contributed by atoms with Crippen molar-refractivity contribution in [1.82, 2.24) is 4.98 Å². The number of fused-ring (bicyclic) bond motifs is 1. The molecule has 15 heavy (non-hydrogen) atoms. The van der Waals surface area contributed by atoms with Gasteiger partial charge < -0.3 is 4.98 Å². The van der Waals surface area contributed by atoms with Crippen molar-refractivity contribution in [3.63, 3.8) is 0 Å². The van der Waals surface area contributed by atoms with Crippen LogP contribution in [0.3, 0.4) is 0 Å². The van der Waals surface area contributed by atoms with Crippen LogP contribution in [-0.2, 0) is 0 Å². The molecule has 1 N–H and O–H groups in total. The van der Waals surface area contributed by atoms with Crippen LogP contribution in [0.4, 0.5) is 0 Å². The maximum Gasteiger partial charge on any atom is 0.0716 e. The van der Waals surface area contributed by atoms with Crippen molar-refractivity contribution in [2.24, 2.45) is 0 Å². The molecular weight excluding hydrogens is 182 g/mol. The lowest BCUT2D eigenvalue weighted by Gasteiger charge is -1.97. The summed E-state index contributed by atoms with van der Waals surface area (Å²) in [4.78, 5) is 3.16. The van der Waals surface area contributed by atoms with Crippen LogP contribution in [0.25, 0.3) is 22.0 Å². The topological polar surface area (TPSA) is 15.8 Å².